The standard InChI is InChI=1S/C11H9N3O2S/c12-11(17)14-13-6-7-5-9(15)8-3-1-2-4-10(8)16-7/h1-6H,(H3,12,14,17). The van der Waals surface area contributed by atoms with Crippen molar-refractivity contribution in [1.82, 2.24) is 5.43 Å². The molecule has 0 bridgehead atoms. The summed E-state index contributed by atoms with van der Waals surface area (Å²) in [5.74, 6) is 0.331. The second-order valence-corrected chi connectivity index (χ2v) is 3.68. The monoisotopic (exact) mass is 247 g/mol. The minimum absolute atomic E-state index is 0.0457. The lowest BCUT2D eigenvalue weighted by Crippen LogP contribution is -2.24. The van der Waals surface area contributed by atoms with Crippen molar-refractivity contribution in [3.05, 3.63) is 46.3 Å². The highest BCUT2D eigenvalue weighted by atomic mass is 32.1. The van der Waals surface area contributed by atoms with Crippen LogP contribution in [0.25, 0.3) is 11.0 Å². The van der Waals surface area contributed by atoms with Gasteiger partial charge in [0.15, 0.2) is 16.3 Å². The molecule has 0 aliphatic rings. The molecule has 17 heavy (non-hydrogen) atoms. The van der Waals surface area contributed by atoms with Crippen LogP contribution in [0, 0.1) is 0 Å². The van der Waals surface area contributed by atoms with Crippen molar-refractivity contribution >= 4 is 34.5 Å². The Morgan fingerprint density at radius 3 is 3.00 bits per heavy atom. The number of nitrogens with two attached hydrogens (primary N) is 1. The summed E-state index contributed by atoms with van der Waals surface area (Å²) < 4.78 is 5.45. The second kappa shape index (κ2) is 4.75. The minimum atomic E-state index is -0.122. The molecule has 1 aromatic carbocycles. The molecule has 1 heterocycles. The van der Waals surface area contributed by atoms with Gasteiger partial charge >= 0.3 is 0 Å². The molecule has 0 aliphatic heterocycles. The highest BCUT2D eigenvalue weighted by molar-refractivity contribution is 7.80. The Labute approximate surface area is 102 Å². The zero-order valence-corrected chi connectivity index (χ0v) is 9.53. The SMILES string of the molecule is NC(=S)NN=Cc1cc(=O)c2ccccc2o1. The van der Waals surface area contributed by atoms with E-state index in [-0.39, 0.29) is 10.5 Å². The van der Waals surface area contributed by atoms with Gasteiger partial charge in [0.05, 0.1) is 11.6 Å². The van der Waals surface area contributed by atoms with E-state index in [1.54, 1.807) is 24.3 Å². The topological polar surface area (TPSA) is 80.6 Å². The highest BCUT2D eigenvalue weighted by Crippen LogP contribution is 2.10. The molecular weight excluding hydrogens is 238 g/mol. The average molecular weight is 247 g/mol. The van der Waals surface area contributed by atoms with Gasteiger partial charge in [-0.15, -0.1) is 0 Å². The fraction of sp³-hybridized carbons (Fsp3) is 0. The fourth-order valence-electron chi connectivity index (χ4n) is 1.35. The summed E-state index contributed by atoms with van der Waals surface area (Å²) in [6.45, 7) is 0. The van der Waals surface area contributed by atoms with Crippen molar-refractivity contribution in [1.29, 1.82) is 0 Å². The van der Waals surface area contributed by atoms with Crippen LogP contribution in [0.2, 0.25) is 0 Å². The van der Waals surface area contributed by atoms with Gasteiger partial charge in [-0.3, -0.25) is 10.2 Å². The maximum Gasteiger partial charge on any atom is 0.193 e. The molecule has 5 nitrogen and oxygen atoms in total. The first kappa shape index (κ1) is 11.3. The first-order valence-corrected chi connectivity index (χ1v) is 5.19. The Hall–Kier alpha value is -2.21. The van der Waals surface area contributed by atoms with Crippen LogP contribution in [0.5, 0.6) is 0 Å². The van der Waals surface area contributed by atoms with Crippen molar-refractivity contribution in [3.63, 3.8) is 0 Å². The third-order valence-electron chi connectivity index (χ3n) is 2.02. The van der Waals surface area contributed by atoms with E-state index in [0.29, 0.717) is 16.7 Å². The number of hydrogen-bond acceptors (Lipinski definition) is 4. The summed E-state index contributed by atoms with van der Waals surface area (Å²) in [5, 5.41) is 4.30. The van der Waals surface area contributed by atoms with Gasteiger partial charge < -0.3 is 10.2 Å². The quantitative estimate of drug-likeness (QED) is 0.469. The third-order valence-corrected chi connectivity index (χ3v) is 2.11. The normalized spacial score (nSPS) is 10.8. The number of thiocarbonyl (C=S) groups is 1. The van der Waals surface area contributed by atoms with Gasteiger partial charge in [-0.05, 0) is 24.4 Å². The Morgan fingerprint density at radius 1 is 1.47 bits per heavy atom. The van der Waals surface area contributed by atoms with Crippen molar-refractivity contribution in [2.75, 3.05) is 0 Å². The van der Waals surface area contributed by atoms with Crippen LogP contribution in [0.15, 0.2) is 44.6 Å². The van der Waals surface area contributed by atoms with Crippen LogP contribution in [0.1, 0.15) is 5.76 Å². The average Bonchev–Trinajstić information content (AvgIpc) is 2.28. The van der Waals surface area contributed by atoms with Gasteiger partial charge in [0.1, 0.15) is 5.58 Å². The molecule has 0 spiro atoms. The number of para-hydroxylation sites is 1. The van der Waals surface area contributed by atoms with E-state index in [9.17, 15) is 4.79 Å². The molecule has 0 fully saturated rings. The number of fused-ring (bicyclic) bond motifs is 1. The van der Waals surface area contributed by atoms with Gasteiger partial charge in [-0.25, -0.2) is 0 Å². The van der Waals surface area contributed by atoms with E-state index in [1.807, 2.05) is 0 Å². The van der Waals surface area contributed by atoms with Crippen molar-refractivity contribution in [3.8, 4) is 0 Å². The predicted molar refractivity (Wildman–Crippen MR) is 70.0 cm³/mol. The molecule has 0 saturated carbocycles. The molecule has 0 radical (unpaired) electrons. The number of benzene rings is 1. The zero-order valence-electron chi connectivity index (χ0n) is 8.71. The van der Waals surface area contributed by atoms with Crippen LogP contribution < -0.4 is 16.6 Å². The summed E-state index contributed by atoms with van der Waals surface area (Å²) in [5.41, 5.74) is 7.96. The second-order valence-electron chi connectivity index (χ2n) is 3.24. The summed E-state index contributed by atoms with van der Waals surface area (Å²) in [6, 6.07) is 8.35. The van der Waals surface area contributed by atoms with Gasteiger partial charge in [-0.1, -0.05) is 12.1 Å². The smallest absolute Gasteiger partial charge is 0.193 e. The molecule has 2 rings (SSSR count). The first-order chi connectivity index (χ1) is 8.16. The first-order valence-electron chi connectivity index (χ1n) is 4.78. The van der Waals surface area contributed by atoms with E-state index in [0.717, 1.165) is 0 Å². The van der Waals surface area contributed by atoms with Crippen LogP contribution in [-0.4, -0.2) is 11.3 Å². The summed E-state index contributed by atoms with van der Waals surface area (Å²) >= 11 is 4.57. The number of nitrogens with one attached hydrogen (secondary N) is 1. The lowest BCUT2D eigenvalue weighted by atomic mass is 10.2. The van der Waals surface area contributed by atoms with E-state index < -0.39 is 0 Å². The molecule has 0 unspecified atom stereocenters. The molecule has 3 N–H and O–H groups in total. The Morgan fingerprint density at radius 2 is 2.24 bits per heavy atom. The molecule has 1 aromatic heterocycles. The van der Waals surface area contributed by atoms with Crippen molar-refractivity contribution in [2.24, 2.45) is 10.8 Å². The number of hydrazone groups is 1. The van der Waals surface area contributed by atoms with E-state index in [2.05, 4.69) is 22.7 Å². The fourth-order valence-corrected chi connectivity index (χ4v) is 1.40. The lowest BCUT2D eigenvalue weighted by Gasteiger charge is -1.98. The Kier molecular flexibility index (Phi) is 3.15. The highest BCUT2D eigenvalue weighted by Gasteiger charge is 2.01. The maximum absolute atomic E-state index is 11.7. The van der Waals surface area contributed by atoms with Crippen LogP contribution in [-0.2, 0) is 0 Å². The zero-order chi connectivity index (χ0) is 12.3. The molecular formula is C11H9N3O2S. The summed E-state index contributed by atoms with van der Waals surface area (Å²) in [4.78, 5) is 11.7. The van der Waals surface area contributed by atoms with Gasteiger partial charge in [0.2, 0.25) is 0 Å². The summed E-state index contributed by atoms with van der Waals surface area (Å²) in [7, 11) is 0. The van der Waals surface area contributed by atoms with E-state index in [1.165, 1.54) is 12.3 Å². The van der Waals surface area contributed by atoms with Crippen LogP contribution in [0.3, 0.4) is 0 Å². The third kappa shape index (κ3) is 2.67. The van der Waals surface area contributed by atoms with Crippen LogP contribution >= 0.6 is 12.2 Å². The maximum atomic E-state index is 11.7. The Balaban J connectivity index is 2.40. The number of nitrogens with zero attached hydrogens (tertiary/aromatic N) is 1. The molecule has 6 heteroatoms. The predicted octanol–water partition coefficient (Wildman–Crippen LogP) is 0.960. The van der Waals surface area contributed by atoms with Crippen LogP contribution in [0.4, 0.5) is 0 Å². The molecule has 0 saturated heterocycles. The molecule has 0 aliphatic carbocycles. The molecule has 2 aromatic rings. The molecule has 86 valence electrons. The molecule has 0 amide bonds. The largest absolute Gasteiger partial charge is 0.455 e. The number of hydrogen-bond donors (Lipinski definition) is 2. The molecule has 0 atom stereocenters. The minimum Gasteiger partial charge on any atom is -0.455 e. The summed E-state index contributed by atoms with van der Waals surface area (Å²) in [6.07, 6.45) is 1.34. The van der Waals surface area contributed by atoms with Crippen molar-refractivity contribution in [2.45, 2.75) is 0 Å². The Bertz CT molecular complexity index is 648. The van der Waals surface area contributed by atoms with E-state index >= 15 is 0 Å². The van der Waals surface area contributed by atoms with Crippen molar-refractivity contribution < 1.29 is 4.42 Å². The number of rotatable bonds is 2. The lowest BCUT2D eigenvalue weighted by molar-refractivity contribution is 0.594. The van der Waals surface area contributed by atoms with Gasteiger partial charge in [0.25, 0.3) is 0 Å². The van der Waals surface area contributed by atoms with E-state index in [4.69, 9.17) is 10.2 Å². The van der Waals surface area contributed by atoms with Gasteiger partial charge in [0, 0.05) is 6.07 Å². The van der Waals surface area contributed by atoms with Gasteiger partial charge in [-0.2, -0.15) is 5.10 Å².